The molecule has 3 aromatic carbocycles. The molecule has 1 unspecified atom stereocenters. The van der Waals surface area contributed by atoms with Gasteiger partial charge in [-0.3, -0.25) is 0 Å². The Hall–Kier alpha value is -2.26. The second-order valence-electron chi connectivity index (χ2n) is 5.54. The van der Waals surface area contributed by atoms with E-state index in [0.717, 1.165) is 21.8 Å². The van der Waals surface area contributed by atoms with Crippen LogP contribution in [0.25, 0.3) is 11.1 Å². The maximum atomic E-state index is 14.5. The van der Waals surface area contributed by atoms with Gasteiger partial charge in [-0.05, 0) is 48.4 Å². The van der Waals surface area contributed by atoms with Crippen molar-refractivity contribution >= 4 is 11.8 Å². The Morgan fingerprint density at radius 1 is 0.917 bits per heavy atom. The summed E-state index contributed by atoms with van der Waals surface area (Å²) < 4.78 is 19.7. The standard InChI is InChI=1S/C21H19FOS/c1-15(24-19-11-9-18(23-2)10-12-19)17-8-13-20(21(22)14-17)16-6-4-3-5-7-16/h3-15H,1-2H3. The molecule has 0 aliphatic carbocycles. The summed E-state index contributed by atoms with van der Waals surface area (Å²) in [4.78, 5) is 1.14. The minimum absolute atomic E-state index is 0.165. The molecule has 0 aromatic heterocycles. The SMILES string of the molecule is COc1ccc(SC(C)c2ccc(-c3ccccc3)c(F)c2)cc1. The Morgan fingerprint density at radius 3 is 2.25 bits per heavy atom. The molecule has 0 fully saturated rings. The van der Waals surface area contributed by atoms with Crippen molar-refractivity contribution < 1.29 is 9.13 Å². The van der Waals surface area contributed by atoms with E-state index in [1.807, 2.05) is 66.7 Å². The fourth-order valence-corrected chi connectivity index (χ4v) is 3.55. The zero-order chi connectivity index (χ0) is 16.9. The van der Waals surface area contributed by atoms with E-state index in [0.29, 0.717) is 5.56 Å². The predicted octanol–water partition coefficient (Wildman–Crippen LogP) is 6.35. The lowest BCUT2D eigenvalue weighted by molar-refractivity contribution is 0.414. The van der Waals surface area contributed by atoms with Gasteiger partial charge in [0.05, 0.1) is 7.11 Å². The minimum atomic E-state index is -0.180. The van der Waals surface area contributed by atoms with Gasteiger partial charge in [0, 0.05) is 15.7 Å². The van der Waals surface area contributed by atoms with Gasteiger partial charge in [-0.15, -0.1) is 11.8 Å². The van der Waals surface area contributed by atoms with Crippen molar-refractivity contribution in [2.45, 2.75) is 17.1 Å². The highest BCUT2D eigenvalue weighted by molar-refractivity contribution is 7.99. The van der Waals surface area contributed by atoms with Gasteiger partial charge in [0.15, 0.2) is 0 Å². The maximum Gasteiger partial charge on any atom is 0.131 e. The highest BCUT2D eigenvalue weighted by Crippen LogP contribution is 2.36. The Bertz CT molecular complexity index is 800. The van der Waals surface area contributed by atoms with Gasteiger partial charge in [0.25, 0.3) is 0 Å². The maximum absolute atomic E-state index is 14.5. The molecule has 0 amide bonds. The third kappa shape index (κ3) is 3.80. The molecule has 24 heavy (non-hydrogen) atoms. The second-order valence-corrected chi connectivity index (χ2v) is 6.96. The van der Waals surface area contributed by atoms with Crippen molar-refractivity contribution in [3.05, 3.63) is 84.2 Å². The van der Waals surface area contributed by atoms with Gasteiger partial charge in [-0.25, -0.2) is 4.39 Å². The van der Waals surface area contributed by atoms with Crippen LogP contribution in [0.3, 0.4) is 0 Å². The lowest BCUT2D eigenvalue weighted by atomic mass is 10.0. The van der Waals surface area contributed by atoms with Gasteiger partial charge < -0.3 is 4.74 Å². The first-order valence-corrected chi connectivity index (χ1v) is 8.71. The van der Waals surface area contributed by atoms with Crippen molar-refractivity contribution in [1.29, 1.82) is 0 Å². The summed E-state index contributed by atoms with van der Waals surface area (Å²) in [5.74, 6) is 0.658. The summed E-state index contributed by atoms with van der Waals surface area (Å²) in [7, 11) is 1.65. The van der Waals surface area contributed by atoms with Crippen LogP contribution >= 0.6 is 11.8 Å². The summed E-state index contributed by atoms with van der Waals surface area (Å²) >= 11 is 1.70. The third-order valence-corrected chi connectivity index (χ3v) is 5.09. The van der Waals surface area contributed by atoms with Crippen LogP contribution in [-0.4, -0.2) is 7.11 Å². The molecule has 0 radical (unpaired) electrons. The van der Waals surface area contributed by atoms with Crippen LogP contribution in [0.15, 0.2) is 77.7 Å². The number of halogens is 1. The summed E-state index contributed by atoms with van der Waals surface area (Å²) in [6.45, 7) is 2.09. The summed E-state index contributed by atoms with van der Waals surface area (Å²) in [5, 5.41) is 0.165. The van der Waals surface area contributed by atoms with E-state index < -0.39 is 0 Å². The van der Waals surface area contributed by atoms with Crippen LogP contribution in [-0.2, 0) is 0 Å². The van der Waals surface area contributed by atoms with Gasteiger partial charge in [-0.2, -0.15) is 0 Å². The molecule has 1 nitrogen and oxygen atoms in total. The Morgan fingerprint density at radius 2 is 1.62 bits per heavy atom. The fraction of sp³-hybridized carbons (Fsp3) is 0.143. The zero-order valence-corrected chi connectivity index (χ0v) is 14.5. The van der Waals surface area contributed by atoms with E-state index in [4.69, 9.17) is 4.74 Å². The first-order valence-electron chi connectivity index (χ1n) is 7.83. The number of rotatable bonds is 5. The molecule has 0 aliphatic rings. The lowest BCUT2D eigenvalue weighted by Crippen LogP contribution is -1.92. The fourth-order valence-electron chi connectivity index (χ4n) is 2.56. The van der Waals surface area contributed by atoms with Crippen LogP contribution in [0.4, 0.5) is 4.39 Å². The summed E-state index contributed by atoms with van der Waals surface area (Å²) in [5.41, 5.74) is 2.52. The average Bonchev–Trinajstić information content (AvgIpc) is 2.63. The van der Waals surface area contributed by atoms with E-state index in [9.17, 15) is 4.39 Å². The number of hydrogen-bond donors (Lipinski definition) is 0. The predicted molar refractivity (Wildman–Crippen MR) is 99.1 cm³/mol. The Kier molecular flexibility index (Phi) is 5.21. The molecular weight excluding hydrogens is 319 g/mol. The van der Waals surface area contributed by atoms with E-state index in [2.05, 4.69) is 6.92 Å². The smallest absolute Gasteiger partial charge is 0.131 e. The average molecular weight is 338 g/mol. The van der Waals surface area contributed by atoms with E-state index in [-0.39, 0.29) is 11.1 Å². The molecule has 0 aliphatic heterocycles. The first-order chi connectivity index (χ1) is 11.7. The second kappa shape index (κ2) is 7.54. The highest BCUT2D eigenvalue weighted by Gasteiger charge is 2.12. The molecular formula is C21H19FOS. The van der Waals surface area contributed by atoms with Crippen LogP contribution in [0.5, 0.6) is 5.75 Å². The first kappa shape index (κ1) is 16.6. The summed E-state index contributed by atoms with van der Waals surface area (Å²) in [6, 6.07) is 23.1. The lowest BCUT2D eigenvalue weighted by Gasteiger charge is -2.13. The molecule has 122 valence electrons. The number of hydrogen-bond acceptors (Lipinski definition) is 2. The monoisotopic (exact) mass is 338 g/mol. The van der Waals surface area contributed by atoms with Crippen LogP contribution in [0.1, 0.15) is 17.7 Å². The molecule has 0 N–H and O–H groups in total. The normalized spacial score (nSPS) is 12.0. The van der Waals surface area contributed by atoms with Gasteiger partial charge in [0.1, 0.15) is 11.6 Å². The van der Waals surface area contributed by atoms with E-state index >= 15 is 0 Å². The highest BCUT2D eigenvalue weighted by atomic mass is 32.2. The van der Waals surface area contributed by atoms with Crippen molar-refractivity contribution in [2.24, 2.45) is 0 Å². The largest absolute Gasteiger partial charge is 0.497 e. The molecule has 0 spiro atoms. The molecule has 3 heteroatoms. The molecule has 1 atom stereocenters. The van der Waals surface area contributed by atoms with Crippen molar-refractivity contribution in [3.63, 3.8) is 0 Å². The van der Waals surface area contributed by atoms with Gasteiger partial charge >= 0.3 is 0 Å². The van der Waals surface area contributed by atoms with E-state index in [1.54, 1.807) is 24.9 Å². The zero-order valence-electron chi connectivity index (χ0n) is 13.7. The Labute approximate surface area is 146 Å². The Balaban J connectivity index is 1.77. The minimum Gasteiger partial charge on any atom is -0.497 e. The van der Waals surface area contributed by atoms with Gasteiger partial charge in [0.2, 0.25) is 0 Å². The van der Waals surface area contributed by atoms with Gasteiger partial charge in [-0.1, -0.05) is 42.5 Å². The van der Waals surface area contributed by atoms with Crippen LogP contribution in [0, 0.1) is 5.82 Å². The molecule has 0 heterocycles. The van der Waals surface area contributed by atoms with Crippen LogP contribution < -0.4 is 4.74 Å². The summed E-state index contributed by atoms with van der Waals surface area (Å²) in [6.07, 6.45) is 0. The van der Waals surface area contributed by atoms with Crippen molar-refractivity contribution in [1.82, 2.24) is 0 Å². The quantitative estimate of drug-likeness (QED) is 0.501. The number of methoxy groups -OCH3 is 1. The van der Waals surface area contributed by atoms with Crippen molar-refractivity contribution in [3.8, 4) is 16.9 Å². The third-order valence-electron chi connectivity index (χ3n) is 3.92. The topological polar surface area (TPSA) is 9.23 Å². The molecule has 3 rings (SSSR count). The molecule has 0 bridgehead atoms. The molecule has 0 saturated carbocycles. The van der Waals surface area contributed by atoms with Crippen LogP contribution in [0.2, 0.25) is 0 Å². The van der Waals surface area contributed by atoms with Crippen molar-refractivity contribution in [2.75, 3.05) is 7.11 Å². The number of thioether (sulfide) groups is 1. The molecule has 3 aromatic rings. The molecule has 0 saturated heterocycles. The number of benzene rings is 3. The van der Waals surface area contributed by atoms with E-state index in [1.165, 1.54) is 0 Å². The number of ether oxygens (including phenoxy) is 1.